The summed E-state index contributed by atoms with van der Waals surface area (Å²) in [5.41, 5.74) is 1.22. The molecule has 15 heavy (non-hydrogen) atoms. The van der Waals surface area contributed by atoms with Crippen LogP contribution in [-0.4, -0.2) is 19.7 Å². The maximum absolute atomic E-state index is 5.69. The Bertz CT molecular complexity index is 273. The zero-order chi connectivity index (χ0) is 11.1. The summed E-state index contributed by atoms with van der Waals surface area (Å²) in [4.78, 5) is 0. The SMILES string of the molecule is CCNCC(OCC)c1ccc(Br)cc1. The predicted octanol–water partition coefficient (Wildman–Crippen LogP) is 3.14. The van der Waals surface area contributed by atoms with E-state index in [1.807, 2.05) is 19.1 Å². The van der Waals surface area contributed by atoms with Gasteiger partial charge in [-0.15, -0.1) is 0 Å². The monoisotopic (exact) mass is 271 g/mol. The number of nitrogens with one attached hydrogen (secondary N) is 1. The number of hydrogen-bond donors (Lipinski definition) is 1. The average molecular weight is 272 g/mol. The topological polar surface area (TPSA) is 21.3 Å². The van der Waals surface area contributed by atoms with Crippen LogP contribution in [0.25, 0.3) is 0 Å². The molecule has 0 aliphatic carbocycles. The fourth-order valence-electron chi connectivity index (χ4n) is 1.43. The summed E-state index contributed by atoms with van der Waals surface area (Å²) in [7, 11) is 0. The Morgan fingerprint density at radius 3 is 2.47 bits per heavy atom. The second-order valence-corrected chi connectivity index (χ2v) is 4.22. The molecule has 0 spiro atoms. The van der Waals surface area contributed by atoms with E-state index in [0.29, 0.717) is 0 Å². The molecule has 84 valence electrons. The molecule has 1 rings (SSSR count). The van der Waals surface area contributed by atoms with Crippen molar-refractivity contribution in [3.63, 3.8) is 0 Å². The van der Waals surface area contributed by atoms with E-state index in [9.17, 15) is 0 Å². The molecule has 0 saturated heterocycles. The summed E-state index contributed by atoms with van der Waals surface area (Å²) in [6, 6.07) is 8.30. The molecule has 0 fully saturated rings. The van der Waals surface area contributed by atoms with E-state index >= 15 is 0 Å². The minimum Gasteiger partial charge on any atom is -0.372 e. The van der Waals surface area contributed by atoms with Gasteiger partial charge in [0.15, 0.2) is 0 Å². The van der Waals surface area contributed by atoms with Gasteiger partial charge in [-0.3, -0.25) is 0 Å². The molecule has 1 unspecified atom stereocenters. The zero-order valence-corrected chi connectivity index (χ0v) is 10.9. The molecule has 1 aromatic carbocycles. The first-order valence-corrected chi connectivity index (χ1v) is 6.15. The molecule has 0 bridgehead atoms. The highest BCUT2D eigenvalue weighted by molar-refractivity contribution is 9.10. The van der Waals surface area contributed by atoms with Crippen molar-refractivity contribution in [2.24, 2.45) is 0 Å². The molecule has 0 radical (unpaired) electrons. The molecule has 3 heteroatoms. The lowest BCUT2D eigenvalue weighted by Gasteiger charge is -2.17. The maximum Gasteiger partial charge on any atom is 0.0949 e. The van der Waals surface area contributed by atoms with Crippen LogP contribution in [0, 0.1) is 0 Å². The van der Waals surface area contributed by atoms with Crippen molar-refractivity contribution in [2.75, 3.05) is 19.7 Å². The first-order chi connectivity index (χ1) is 7.27. The van der Waals surface area contributed by atoms with E-state index in [0.717, 1.165) is 24.2 Å². The van der Waals surface area contributed by atoms with Gasteiger partial charge in [-0.2, -0.15) is 0 Å². The smallest absolute Gasteiger partial charge is 0.0949 e. The molecule has 0 aliphatic heterocycles. The molecule has 0 aromatic heterocycles. The normalized spacial score (nSPS) is 12.7. The van der Waals surface area contributed by atoms with Crippen molar-refractivity contribution >= 4 is 15.9 Å². The van der Waals surface area contributed by atoms with Crippen LogP contribution in [0.15, 0.2) is 28.7 Å². The van der Waals surface area contributed by atoms with Gasteiger partial charge < -0.3 is 10.1 Å². The molecule has 0 aliphatic rings. The predicted molar refractivity (Wildman–Crippen MR) is 67.1 cm³/mol. The summed E-state index contributed by atoms with van der Waals surface area (Å²) in [6.07, 6.45) is 0.156. The van der Waals surface area contributed by atoms with Crippen molar-refractivity contribution in [1.82, 2.24) is 5.32 Å². The van der Waals surface area contributed by atoms with E-state index in [4.69, 9.17) is 4.74 Å². The number of rotatable bonds is 6. The quantitative estimate of drug-likeness (QED) is 0.859. The van der Waals surface area contributed by atoms with Crippen molar-refractivity contribution in [3.05, 3.63) is 34.3 Å². The number of likely N-dealkylation sites (N-methyl/N-ethyl adjacent to an activating group) is 1. The Kier molecular flexibility index (Phi) is 5.91. The van der Waals surface area contributed by atoms with Crippen LogP contribution >= 0.6 is 15.9 Å². The fourth-order valence-corrected chi connectivity index (χ4v) is 1.69. The first-order valence-electron chi connectivity index (χ1n) is 5.35. The maximum atomic E-state index is 5.69. The van der Waals surface area contributed by atoms with E-state index in [1.165, 1.54) is 5.56 Å². The fraction of sp³-hybridized carbons (Fsp3) is 0.500. The van der Waals surface area contributed by atoms with Crippen molar-refractivity contribution in [1.29, 1.82) is 0 Å². The largest absolute Gasteiger partial charge is 0.372 e. The van der Waals surface area contributed by atoms with Gasteiger partial charge in [-0.05, 0) is 31.2 Å². The van der Waals surface area contributed by atoms with E-state index in [2.05, 4.69) is 40.3 Å². The van der Waals surface area contributed by atoms with Crippen LogP contribution in [-0.2, 0) is 4.74 Å². The van der Waals surface area contributed by atoms with Gasteiger partial charge in [0.1, 0.15) is 0 Å². The van der Waals surface area contributed by atoms with Crippen LogP contribution in [0.2, 0.25) is 0 Å². The van der Waals surface area contributed by atoms with Gasteiger partial charge in [0.25, 0.3) is 0 Å². The lowest BCUT2D eigenvalue weighted by atomic mass is 10.1. The van der Waals surface area contributed by atoms with Crippen LogP contribution in [0.5, 0.6) is 0 Å². The van der Waals surface area contributed by atoms with Crippen molar-refractivity contribution < 1.29 is 4.74 Å². The minimum absolute atomic E-state index is 0.156. The molecule has 1 atom stereocenters. The van der Waals surface area contributed by atoms with Crippen LogP contribution in [0.3, 0.4) is 0 Å². The number of halogens is 1. The lowest BCUT2D eigenvalue weighted by molar-refractivity contribution is 0.0627. The van der Waals surface area contributed by atoms with E-state index in [-0.39, 0.29) is 6.10 Å². The Hall–Kier alpha value is -0.380. The standard InChI is InChI=1S/C12H18BrNO/c1-3-14-9-12(15-4-2)10-5-7-11(13)8-6-10/h5-8,12,14H,3-4,9H2,1-2H3. The van der Waals surface area contributed by atoms with E-state index < -0.39 is 0 Å². The van der Waals surface area contributed by atoms with Crippen LogP contribution in [0.4, 0.5) is 0 Å². The summed E-state index contributed by atoms with van der Waals surface area (Å²) in [5.74, 6) is 0. The summed E-state index contributed by atoms with van der Waals surface area (Å²) < 4.78 is 6.79. The van der Waals surface area contributed by atoms with Crippen molar-refractivity contribution in [3.8, 4) is 0 Å². The Labute approximate surface area is 100 Å². The van der Waals surface area contributed by atoms with Gasteiger partial charge in [-0.1, -0.05) is 35.0 Å². The lowest BCUT2D eigenvalue weighted by Crippen LogP contribution is -2.23. The summed E-state index contributed by atoms with van der Waals surface area (Å²) in [5, 5.41) is 3.31. The van der Waals surface area contributed by atoms with Gasteiger partial charge in [0.05, 0.1) is 6.10 Å². The average Bonchev–Trinajstić information content (AvgIpc) is 2.25. The molecule has 1 aromatic rings. The first kappa shape index (κ1) is 12.7. The van der Waals surface area contributed by atoms with Gasteiger partial charge in [0, 0.05) is 17.6 Å². The number of ether oxygens (including phenoxy) is 1. The summed E-state index contributed by atoms with van der Waals surface area (Å²) in [6.45, 7) is 6.71. The van der Waals surface area contributed by atoms with Crippen LogP contribution in [0.1, 0.15) is 25.5 Å². The highest BCUT2D eigenvalue weighted by Gasteiger charge is 2.09. The van der Waals surface area contributed by atoms with Gasteiger partial charge >= 0.3 is 0 Å². The molecule has 0 amide bonds. The molecule has 1 N–H and O–H groups in total. The number of benzene rings is 1. The minimum atomic E-state index is 0.156. The second-order valence-electron chi connectivity index (χ2n) is 3.30. The molecular formula is C12H18BrNO. The Balaban J connectivity index is 2.65. The second kappa shape index (κ2) is 6.99. The Morgan fingerprint density at radius 1 is 1.27 bits per heavy atom. The molecule has 2 nitrogen and oxygen atoms in total. The molecular weight excluding hydrogens is 254 g/mol. The highest BCUT2D eigenvalue weighted by Crippen LogP contribution is 2.19. The molecule has 0 saturated carbocycles. The Morgan fingerprint density at radius 2 is 1.93 bits per heavy atom. The highest BCUT2D eigenvalue weighted by atomic mass is 79.9. The van der Waals surface area contributed by atoms with Gasteiger partial charge in [0.2, 0.25) is 0 Å². The van der Waals surface area contributed by atoms with Gasteiger partial charge in [-0.25, -0.2) is 0 Å². The number of hydrogen-bond acceptors (Lipinski definition) is 2. The molecule has 0 heterocycles. The third kappa shape index (κ3) is 4.33. The van der Waals surface area contributed by atoms with E-state index in [1.54, 1.807) is 0 Å². The van der Waals surface area contributed by atoms with Crippen LogP contribution < -0.4 is 5.32 Å². The summed E-state index contributed by atoms with van der Waals surface area (Å²) >= 11 is 3.43. The zero-order valence-electron chi connectivity index (χ0n) is 9.29. The third-order valence-corrected chi connectivity index (χ3v) is 2.72. The third-order valence-electron chi connectivity index (χ3n) is 2.19. The van der Waals surface area contributed by atoms with Crippen molar-refractivity contribution in [2.45, 2.75) is 20.0 Å².